The molecule has 110 valence electrons. The van der Waals surface area contributed by atoms with Crippen molar-refractivity contribution in [3.8, 4) is 11.3 Å². The van der Waals surface area contributed by atoms with E-state index >= 15 is 0 Å². The van der Waals surface area contributed by atoms with E-state index < -0.39 is 11.9 Å². The van der Waals surface area contributed by atoms with Crippen molar-refractivity contribution in [1.82, 2.24) is 9.97 Å². The highest BCUT2D eigenvalue weighted by atomic mass is 32.1. The number of carbonyl (C=O) groups is 1. The van der Waals surface area contributed by atoms with Gasteiger partial charge in [0, 0.05) is 10.9 Å². The van der Waals surface area contributed by atoms with E-state index in [4.69, 9.17) is 0 Å². The van der Waals surface area contributed by atoms with Crippen molar-refractivity contribution in [3.05, 3.63) is 65.0 Å². The van der Waals surface area contributed by atoms with Gasteiger partial charge in [-0.1, -0.05) is 35.9 Å². The van der Waals surface area contributed by atoms with E-state index in [0.717, 1.165) is 11.3 Å². The summed E-state index contributed by atoms with van der Waals surface area (Å²) >= 11 is 1.31. The molecule has 0 radical (unpaired) electrons. The monoisotopic (exact) mass is 313 g/mol. The summed E-state index contributed by atoms with van der Waals surface area (Å²) in [5.74, 6) is -1.17. The van der Waals surface area contributed by atoms with Gasteiger partial charge in [0.05, 0.1) is 5.69 Å². The van der Waals surface area contributed by atoms with Crippen LogP contribution in [0.25, 0.3) is 11.3 Å². The summed E-state index contributed by atoms with van der Waals surface area (Å²) < 4.78 is 13.0. The molecule has 0 fully saturated rings. The lowest BCUT2D eigenvalue weighted by atomic mass is 10.1. The molecule has 0 unspecified atom stereocenters. The number of rotatable bonds is 3. The van der Waals surface area contributed by atoms with E-state index in [1.165, 1.54) is 35.1 Å². The minimum absolute atomic E-state index is 0.0204. The molecule has 1 N–H and O–H groups in total. The number of hydrogen-bond acceptors (Lipinski definition) is 4. The molecule has 3 rings (SSSR count). The van der Waals surface area contributed by atoms with Crippen LogP contribution in [0, 0.1) is 12.9 Å². The zero-order valence-electron chi connectivity index (χ0n) is 11.7. The van der Waals surface area contributed by atoms with Crippen LogP contribution in [0.5, 0.6) is 0 Å². The number of aryl methyl sites for hydroxylation is 1. The van der Waals surface area contributed by atoms with Crippen LogP contribution in [0.1, 0.15) is 16.1 Å². The summed E-state index contributed by atoms with van der Waals surface area (Å²) in [6.07, 6.45) is 0. The lowest BCUT2D eigenvalue weighted by Gasteiger charge is -2.01. The molecule has 2 aromatic heterocycles. The number of halogens is 1. The molecule has 1 aromatic carbocycles. The summed E-state index contributed by atoms with van der Waals surface area (Å²) in [5.41, 5.74) is 2.95. The molecule has 2 heterocycles. The number of anilines is 1. The van der Waals surface area contributed by atoms with E-state index in [9.17, 15) is 9.18 Å². The van der Waals surface area contributed by atoms with Gasteiger partial charge in [0.2, 0.25) is 5.95 Å². The van der Waals surface area contributed by atoms with Gasteiger partial charge in [-0.2, -0.15) is 4.39 Å². The Bertz CT molecular complexity index is 814. The fourth-order valence-electron chi connectivity index (χ4n) is 1.88. The van der Waals surface area contributed by atoms with E-state index in [0.29, 0.717) is 5.13 Å². The summed E-state index contributed by atoms with van der Waals surface area (Å²) in [6.45, 7) is 2.02. The van der Waals surface area contributed by atoms with Crippen LogP contribution in [-0.2, 0) is 0 Å². The first-order valence-corrected chi connectivity index (χ1v) is 7.46. The second kappa shape index (κ2) is 6.03. The fourth-order valence-corrected chi connectivity index (χ4v) is 2.60. The average molecular weight is 313 g/mol. The van der Waals surface area contributed by atoms with Gasteiger partial charge >= 0.3 is 0 Å². The normalized spacial score (nSPS) is 10.5. The Hall–Kier alpha value is -2.60. The molecule has 6 heteroatoms. The van der Waals surface area contributed by atoms with Crippen molar-refractivity contribution in [1.29, 1.82) is 0 Å². The number of carbonyl (C=O) groups excluding carboxylic acids is 1. The van der Waals surface area contributed by atoms with Gasteiger partial charge in [-0.15, -0.1) is 11.3 Å². The quantitative estimate of drug-likeness (QED) is 0.746. The third-order valence-electron chi connectivity index (χ3n) is 3.02. The summed E-state index contributed by atoms with van der Waals surface area (Å²) in [6, 6.07) is 12.0. The number of aromatic nitrogens is 2. The summed E-state index contributed by atoms with van der Waals surface area (Å²) in [4.78, 5) is 19.9. The Morgan fingerprint density at radius 3 is 2.64 bits per heavy atom. The van der Waals surface area contributed by atoms with Crippen LogP contribution in [0.3, 0.4) is 0 Å². The molecule has 0 aliphatic rings. The average Bonchev–Trinajstić information content (AvgIpc) is 2.96. The first-order valence-electron chi connectivity index (χ1n) is 6.58. The first-order chi connectivity index (χ1) is 10.6. The predicted molar refractivity (Wildman–Crippen MR) is 84.4 cm³/mol. The molecule has 0 aliphatic heterocycles. The topological polar surface area (TPSA) is 54.9 Å². The number of nitrogens with one attached hydrogen (secondary N) is 1. The molecule has 4 nitrogen and oxygen atoms in total. The molecule has 0 bridgehead atoms. The molecule has 0 saturated carbocycles. The Balaban J connectivity index is 1.77. The first kappa shape index (κ1) is 14.3. The van der Waals surface area contributed by atoms with Gasteiger partial charge in [0.1, 0.15) is 5.69 Å². The highest BCUT2D eigenvalue weighted by molar-refractivity contribution is 7.14. The van der Waals surface area contributed by atoms with E-state index in [2.05, 4.69) is 15.3 Å². The minimum Gasteiger partial charge on any atom is -0.296 e. The van der Waals surface area contributed by atoms with Crippen molar-refractivity contribution >= 4 is 22.4 Å². The van der Waals surface area contributed by atoms with Gasteiger partial charge in [-0.25, -0.2) is 9.97 Å². The van der Waals surface area contributed by atoms with E-state index in [1.807, 2.05) is 36.6 Å². The van der Waals surface area contributed by atoms with Crippen LogP contribution in [0.15, 0.2) is 47.8 Å². The third-order valence-corrected chi connectivity index (χ3v) is 3.78. The Morgan fingerprint density at radius 1 is 1.14 bits per heavy atom. The summed E-state index contributed by atoms with van der Waals surface area (Å²) in [5, 5.41) is 4.94. The molecule has 22 heavy (non-hydrogen) atoms. The number of benzene rings is 1. The Labute approximate surface area is 130 Å². The van der Waals surface area contributed by atoms with Crippen molar-refractivity contribution in [3.63, 3.8) is 0 Å². The van der Waals surface area contributed by atoms with Crippen LogP contribution < -0.4 is 5.32 Å². The lowest BCUT2D eigenvalue weighted by molar-refractivity contribution is 0.102. The van der Waals surface area contributed by atoms with Crippen molar-refractivity contribution in [2.75, 3.05) is 5.32 Å². The van der Waals surface area contributed by atoms with Gasteiger partial charge in [0.25, 0.3) is 5.91 Å². The Kier molecular flexibility index (Phi) is 3.93. The molecular formula is C16H12FN3OS. The number of amides is 1. The van der Waals surface area contributed by atoms with Gasteiger partial charge < -0.3 is 0 Å². The zero-order valence-corrected chi connectivity index (χ0v) is 12.5. The highest BCUT2D eigenvalue weighted by Crippen LogP contribution is 2.25. The number of nitrogens with zero attached hydrogens (tertiary/aromatic N) is 2. The van der Waals surface area contributed by atoms with Crippen molar-refractivity contribution < 1.29 is 9.18 Å². The molecule has 3 aromatic rings. The standard InChI is InChI=1S/C16H12FN3OS/c1-10-5-7-11(8-6-10)13-9-22-16(19-13)20-15(21)12-3-2-4-14(17)18-12/h2-9H,1H3,(H,19,20,21). The van der Waals surface area contributed by atoms with Gasteiger partial charge in [-0.3, -0.25) is 10.1 Å². The predicted octanol–water partition coefficient (Wildman–Crippen LogP) is 3.90. The van der Waals surface area contributed by atoms with Crippen LogP contribution in [-0.4, -0.2) is 15.9 Å². The lowest BCUT2D eigenvalue weighted by Crippen LogP contribution is -2.13. The SMILES string of the molecule is Cc1ccc(-c2csc(NC(=O)c3cccc(F)n3)n2)cc1. The summed E-state index contributed by atoms with van der Waals surface area (Å²) in [7, 11) is 0. The number of thiazole rings is 1. The van der Waals surface area contributed by atoms with E-state index in [-0.39, 0.29) is 5.69 Å². The second-order valence-corrected chi connectivity index (χ2v) is 5.56. The molecule has 0 atom stereocenters. The van der Waals surface area contributed by atoms with E-state index in [1.54, 1.807) is 0 Å². The Morgan fingerprint density at radius 2 is 1.91 bits per heavy atom. The zero-order chi connectivity index (χ0) is 15.5. The maximum absolute atomic E-state index is 13.0. The van der Waals surface area contributed by atoms with Crippen LogP contribution >= 0.6 is 11.3 Å². The van der Waals surface area contributed by atoms with Gasteiger partial charge in [-0.05, 0) is 19.1 Å². The molecule has 0 spiro atoms. The molecular weight excluding hydrogens is 301 g/mol. The minimum atomic E-state index is -0.688. The fraction of sp³-hybridized carbons (Fsp3) is 0.0625. The third kappa shape index (κ3) is 3.17. The number of pyridine rings is 1. The number of hydrogen-bond donors (Lipinski definition) is 1. The second-order valence-electron chi connectivity index (χ2n) is 4.70. The molecule has 0 aliphatic carbocycles. The maximum Gasteiger partial charge on any atom is 0.276 e. The largest absolute Gasteiger partial charge is 0.296 e. The van der Waals surface area contributed by atoms with Crippen molar-refractivity contribution in [2.45, 2.75) is 6.92 Å². The molecule has 0 saturated heterocycles. The highest BCUT2D eigenvalue weighted by Gasteiger charge is 2.11. The maximum atomic E-state index is 13.0. The van der Waals surface area contributed by atoms with Gasteiger partial charge in [0.15, 0.2) is 5.13 Å². The molecule has 1 amide bonds. The van der Waals surface area contributed by atoms with Crippen LogP contribution in [0.2, 0.25) is 0 Å². The van der Waals surface area contributed by atoms with Crippen molar-refractivity contribution in [2.24, 2.45) is 0 Å². The smallest absolute Gasteiger partial charge is 0.276 e. The van der Waals surface area contributed by atoms with Crippen LogP contribution in [0.4, 0.5) is 9.52 Å².